The Balaban J connectivity index is 2.86. The van der Waals surface area contributed by atoms with E-state index in [2.05, 4.69) is 5.10 Å². The molecule has 0 saturated carbocycles. The van der Waals surface area contributed by atoms with E-state index in [4.69, 9.17) is 0 Å². The summed E-state index contributed by atoms with van der Waals surface area (Å²) in [5.41, 5.74) is 1.03. The minimum absolute atomic E-state index is 0.0788. The molecule has 0 spiro atoms. The number of hydrogen-bond donors (Lipinski definition) is 1. The van der Waals surface area contributed by atoms with Gasteiger partial charge >= 0.3 is 0 Å². The number of rotatable bonds is 1. The van der Waals surface area contributed by atoms with E-state index in [0.29, 0.717) is 11.1 Å². The molecule has 0 radical (unpaired) electrons. The van der Waals surface area contributed by atoms with Gasteiger partial charge in [-0.25, -0.2) is 4.39 Å². The Morgan fingerprint density at radius 1 is 1.50 bits per heavy atom. The van der Waals surface area contributed by atoms with Crippen molar-refractivity contribution < 1.29 is 9.50 Å². The Bertz CT molecular complexity index is 476. The van der Waals surface area contributed by atoms with Crippen LogP contribution in [0.3, 0.4) is 0 Å². The molecule has 0 aliphatic carbocycles. The molecule has 1 N–H and O–H groups in total. The third kappa shape index (κ3) is 1.14. The minimum atomic E-state index is -1.17. The lowest BCUT2D eigenvalue weighted by Crippen LogP contribution is -1.92. The molecule has 0 bridgehead atoms. The van der Waals surface area contributed by atoms with E-state index in [1.54, 1.807) is 23.9 Å². The van der Waals surface area contributed by atoms with Crippen LogP contribution >= 0.6 is 0 Å². The molecule has 14 heavy (non-hydrogen) atoms. The summed E-state index contributed by atoms with van der Waals surface area (Å²) in [6.07, 6.45) is -1.17. The van der Waals surface area contributed by atoms with Gasteiger partial charge in [-0.05, 0) is 19.1 Å². The van der Waals surface area contributed by atoms with Crippen LogP contribution in [0.4, 0.5) is 4.39 Å². The highest BCUT2D eigenvalue weighted by Gasteiger charge is 2.16. The van der Waals surface area contributed by atoms with E-state index >= 15 is 0 Å². The monoisotopic (exact) mass is 194 g/mol. The Hall–Kier alpha value is -1.58. The normalized spacial score (nSPS) is 13.4. The molecule has 1 aromatic carbocycles. The second-order valence-electron chi connectivity index (χ2n) is 3.30. The van der Waals surface area contributed by atoms with E-state index in [0.717, 1.165) is 5.52 Å². The van der Waals surface area contributed by atoms with Gasteiger partial charge < -0.3 is 5.11 Å². The van der Waals surface area contributed by atoms with E-state index in [9.17, 15) is 9.50 Å². The average molecular weight is 194 g/mol. The van der Waals surface area contributed by atoms with Gasteiger partial charge in [0.2, 0.25) is 0 Å². The molecular formula is C10H11FN2O. The van der Waals surface area contributed by atoms with Gasteiger partial charge in [-0.1, -0.05) is 6.07 Å². The number of aryl methyl sites for hydroxylation is 1. The van der Waals surface area contributed by atoms with Crippen molar-refractivity contribution in [3.63, 3.8) is 0 Å². The van der Waals surface area contributed by atoms with Crippen LogP contribution in [0.25, 0.3) is 10.9 Å². The van der Waals surface area contributed by atoms with Crippen molar-refractivity contribution in [3.05, 3.63) is 23.9 Å². The van der Waals surface area contributed by atoms with Gasteiger partial charge in [-0.3, -0.25) is 4.68 Å². The molecule has 0 aliphatic rings. The second kappa shape index (κ2) is 2.97. The molecule has 1 heterocycles. The first kappa shape index (κ1) is 8.99. The molecule has 4 heteroatoms. The Kier molecular flexibility index (Phi) is 1.91. The lowest BCUT2D eigenvalue weighted by atomic mass is 10.1. The third-order valence-corrected chi connectivity index (χ3v) is 2.26. The number of aromatic nitrogens is 2. The van der Waals surface area contributed by atoms with Gasteiger partial charge in [-0.2, -0.15) is 5.10 Å². The summed E-state index contributed by atoms with van der Waals surface area (Å²) in [4.78, 5) is 0. The number of hydrogen-bond acceptors (Lipinski definition) is 2. The first-order chi connectivity index (χ1) is 6.61. The standard InChI is InChI=1S/C10H11FN2O/c1-6(11)10-9-7(13(2)12-10)4-3-5-8(9)14/h3-6,14H,1-2H3. The second-order valence-corrected chi connectivity index (χ2v) is 3.30. The van der Waals surface area contributed by atoms with Crippen LogP contribution in [0.15, 0.2) is 18.2 Å². The molecule has 0 fully saturated rings. The van der Waals surface area contributed by atoms with Gasteiger partial charge in [0.1, 0.15) is 17.6 Å². The maximum absolute atomic E-state index is 13.2. The lowest BCUT2D eigenvalue weighted by Gasteiger charge is -1.98. The number of fused-ring (bicyclic) bond motifs is 1. The van der Waals surface area contributed by atoms with Crippen molar-refractivity contribution in [2.45, 2.75) is 13.1 Å². The highest BCUT2D eigenvalue weighted by atomic mass is 19.1. The van der Waals surface area contributed by atoms with Crippen molar-refractivity contribution in [2.75, 3.05) is 0 Å². The zero-order chi connectivity index (χ0) is 10.3. The van der Waals surface area contributed by atoms with Crippen LogP contribution in [0, 0.1) is 0 Å². The van der Waals surface area contributed by atoms with Crippen LogP contribution in [0.2, 0.25) is 0 Å². The Morgan fingerprint density at radius 3 is 2.86 bits per heavy atom. The van der Waals surface area contributed by atoms with Crippen LogP contribution in [-0.2, 0) is 7.05 Å². The molecule has 1 aromatic heterocycles. The maximum Gasteiger partial charge on any atom is 0.142 e. The van der Waals surface area contributed by atoms with Gasteiger partial charge in [-0.15, -0.1) is 0 Å². The van der Waals surface area contributed by atoms with Crippen LogP contribution in [0.1, 0.15) is 18.8 Å². The van der Waals surface area contributed by atoms with Crippen LogP contribution in [-0.4, -0.2) is 14.9 Å². The quantitative estimate of drug-likeness (QED) is 0.756. The first-order valence-electron chi connectivity index (χ1n) is 4.40. The zero-order valence-corrected chi connectivity index (χ0v) is 8.03. The van der Waals surface area contributed by atoms with Crippen LogP contribution in [0.5, 0.6) is 5.75 Å². The average Bonchev–Trinajstić information content (AvgIpc) is 2.46. The van der Waals surface area contributed by atoms with Crippen molar-refractivity contribution in [1.82, 2.24) is 9.78 Å². The Morgan fingerprint density at radius 2 is 2.21 bits per heavy atom. The number of aromatic hydroxyl groups is 1. The first-order valence-corrected chi connectivity index (χ1v) is 4.40. The fourth-order valence-electron chi connectivity index (χ4n) is 1.60. The number of benzene rings is 1. The summed E-state index contributed by atoms with van der Waals surface area (Å²) < 4.78 is 14.7. The summed E-state index contributed by atoms with van der Waals surface area (Å²) in [7, 11) is 1.73. The summed E-state index contributed by atoms with van der Waals surface area (Å²) in [5, 5.41) is 14.1. The summed E-state index contributed by atoms with van der Waals surface area (Å²) in [6.45, 7) is 1.41. The highest BCUT2D eigenvalue weighted by Crippen LogP contribution is 2.31. The maximum atomic E-state index is 13.2. The van der Waals surface area contributed by atoms with Gasteiger partial charge in [0.25, 0.3) is 0 Å². The number of phenols is 1. The SMILES string of the molecule is CC(F)c1nn(C)c2cccc(O)c12. The van der Waals surface area contributed by atoms with Crippen molar-refractivity contribution in [1.29, 1.82) is 0 Å². The molecule has 1 atom stereocenters. The molecule has 0 saturated heterocycles. The number of alkyl halides is 1. The third-order valence-electron chi connectivity index (χ3n) is 2.26. The molecule has 74 valence electrons. The topological polar surface area (TPSA) is 38.0 Å². The van der Waals surface area contributed by atoms with E-state index in [1.807, 2.05) is 0 Å². The number of phenolic OH excluding ortho intramolecular Hbond substituents is 1. The van der Waals surface area contributed by atoms with E-state index in [-0.39, 0.29) is 5.75 Å². The van der Waals surface area contributed by atoms with E-state index < -0.39 is 6.17 Å². The van der Waals surface area contributed by atoms with Crippen molar-refractivity contribution in [3.8, 4) is 5.75 Å². The fraction of sp³-hybridized carbons (Fsp3) is 0.300. The van der Waals surface area contributed by atoms with Crippen molar-refractivity contribution >= 4 is 10.9 Å². The molecule has 2 aromatic rings. The van der Waals surface area contributed by atoms with E-state index in [1.165, 1.54) is 13.0 Å². The molecule has 3 nitrogen and oxygen atoms in total. The summed E-state index contributed by atoms with van der Waals surface area (Å²) in [5.74, 6) is 0.0788. The highest BCUT2D eigenvalue weighted by molar-refractivity contribution is 5.88. The van der Waals surface area contributed by atoms with Gasteiger partial charge in [0, 0.05) is 7.05 Å². The predicted octanol–water partition coefficient (Wildman–Crippen LogP) is 2.31. The fourth-order valence-corrected chi connectivity index (χ4v) is 1.60. The zero-order valence-electron chi connectivity index (χ0n) is 8.03. The van der Waals surface area contributed by atoms with Gasteiger partial charge in [0.15, 0.2) is 0 Å². The molecule has 2 rings (SSSR count). The summed E-state index contributed by atoms with van der Waals surface area (Å²) in [6, 6.07) is 5.05. The predicted molar refractivity (Wildman–Crippen MR) is 51.9 cm³/mol. The molecule has 0 amide bonds. The Labute approximate surface area is 80.8 Å². The number of nitrogens with zero attached hydrogens (tertiary/aromatic N) is 2. The lowest BCUT2D eigenvalue weighted by molar-refractivity contribution is 0.364. The van der Waals surface area contributed by atoms with Gasteiger partial charge in [0.05, 0.1) is 10.9 Å². The van der Waals surface area contributed by atoms with Crippen LogP contribution < -0.4 is 0 Å². The molecular weight excluding hydrogens is 183 g/mol. The smallest absolute Gasteiger partial charge is 0.142 e. The largest absolute Gasteiger partial charge is 0.507 e. The molecule has 1 unspecified atom stereocenters. The molecule has 0 aliphatic heterocycles. The summed E-state index contributed by atoms with van der Waals surface area (Å²) >= 11 is 0. The number of halogens is 1. The minimum Gasteiger partial charge on any atom is -0.507 e. The van der Waals surface area contributed by atoms with Crippen molar-refractivity contribution in [2.24, 2.45) is 7.05 Å².